The summed E-state index contributed by atoms with van der Waals surface area (Å²) in [6.45, 7) is 4.96. The van der Waals surface area contributed by atoms with Crippen molar-refractivity contribution in [2.24, 2.45) is 5.92 Å². The first kappa shape index (κ1) is 17.1. The number of hydrogen-bond acceptors (Lipinski definition) is 4. The van der Waals surface area contributed by atoms with Crippen molar-refractivity contribution in [2.45, 2.75) is 38.6 Å². The minimum absolute atomic E-state index is 0.145. The van der Waals surface area contributed by atoms with Gasteiger partial charge in [-0.15, -0.1) is 0 Å². The summed E-state index contributed by atoms with van der Waals surface area (Å²) in [6.07, 6.45) is 0.759. The van der Waals surface area contributed by atoms with Gasteiger partial charge in [0.2, 0.25) is 0 Å². The van der Waals surface area contributed by atoms with Crippen molar-refractivity contribution in [3.8, 4) is 0 Å². The molecule has 0 saturated carbocycles. The lowest BCUT2D eigenvalue weighted by atomic mass is 10.1. The van der Waals surface area contributed by atoms with Crippen LogP contribution in [-0.4, -0.2) is 50.8 Å². The highest BCUT2D eigenvalue weighted by molar-refractivity contribution is 6.36. The predicted molar refractivity (Wildman–Crippen MR) is 68.4 cm³/mol. The molecule has 0 atom stereocenters. The lowest BCUT2D eigenvalue weighted by molar-refractivity contribution is -0.154. The fourth-order valence-electron chi connectivity index (χ4n) is 1.60. The smallest absolute Gasteiger partial charge is 0.317 e. The van der Waals surface area contributed by atoms with Gasteiger partial charge >= 0.3 is 11.9 Å². The van der Waals surface area contributed by atoms with Crippen LogP contribution in [0.3, 0.4) is 0 Å². The fraction of sp³-hybridized carbons (Fsp3) is 0.818. The van der Waals surface area contributed by atoms with E-state index < -0.39 is 27.4 Å². The molecule has 0 aromatic rings. The molecular formula is C11H22O6Si. The first-order valence-corrected chi connectivity index (χ1v) is 8.03. The second-order valence-electron chi connectivity index (χ2n) is 3.85. The summed E-state index contributed by atoms with van der Waals surface area (Å²) in [5.41, 5.74) is 0. The van der Waals surface area contributed by atoms with E-state index in [0.29, 0.717) is 19.6 Å². The molecule has 0 spiro atoms. The highest BCUT2D eigenvalue weighted by Gasteiger charge is 2.24. The molecule has 6 nitrogen and oxygen atoms in total. The summed E-state index contributed by atoms with van der Waals surface area (Å²) >= 11 is 0. The largest absolute Gasteiger partial charge is 0.481 e. The van der Waals surface area contributed by atoms with Crippen LogP contribution in [0.25, 0.3) is 0 Å². The maximum atomic E-state index is 10.7. The highest BCUT2D eigenvalue weighted by Crippen LogP contribution is 2.10. The molecule has 0 amide bonds. The average Bonchev–Trinajstić information content (AvgIpc) is 2.28. The molecule has 0 aliphatic carbocycles. The zero-order valence-corrected chi connectivity index (χ0v) is 12.3. The number of rotatable bonds is 11. The Morgan fingerprint density at radius 3 is 2.00 bits per heavy atom. The second kappa shape index (κ2) is 10.0. The lowest BCUT2D eigenvalue weighted by Gasteiger charge is -2.16. The molecule has 0 saturated heterocycles. The van der Waals surface area contributed by atoms with Crippen LogP contribution in [0.1, 0.15) is 26.7 Å². The minimum atomic E-state index is -1.29. The van der Waals surface area contributed by atoms with Crippen LogP contribution in [0.2, 0.25) is 6.04 Å². The standard InChI is InChI=1S/C11H22O6Si/c1-3-16-11(17-4-2)18-7-5-6-8(9(12)13)10(14)15/h8,11H,3-7,18H2,1-2H3,(H,12,13)(H,14,15). The number of ether oxygens (including phenoxy) is 2. The van der Waals surface area contributed by atoms with Gasteiger partial charge in [-0.25, -0.2) is 0 Å². The first-order valence-electron chi connectivity index (χ1n) is 6.21. The van der Waals surface area contributed by atoms with Crippen LogP contribution in [0.4, 0.5) is 0 Å². The van der Waals surface area contributed by atoms with Crippen molar-refractivity contribution in [3.05, 3.63) is 0 Å². The molecule has 7 heteroatoms. The van der Waals surface area contributed by atoms with Gasteiger partial charge in [0.25, 0.3) is 0 Å². The third-order valence-electron chi connectivity index (χ3n) is 2.48. The van der Waals surface area contributed by atoms with Gasteiger partial charge in [-0.05, 0) is 20.3 Å². The molecule has 0 unspecified atom stereocenters. The summed E-state index contributed by atoms with van der Waals surface area (Å²) in [7, 11) is -0.619. The number of carbonyl (C=O) groups is 2. The van der Waals surface area contributed by atoms with E-state index in [1.807, 2.05) is 13.8 Å². The normalized spacial score (nSPS) is 11.8. The molecule has 106 valence electrons. The van der Waals surface area contributed by atoms with Crippen LogP contribution >= 0.6 is 0 Å². The van der Waals surface area contributed by atoms with Crippen LogP contribution in [0.15, 0.2) is 0 Å². The summed E-state index contributed by atoms with van der Waals surface area (Å²) in [6, 6.07) is 0.821. The second-order valence-corrected chi connectivity index (χ2v) is 5.80. The lowest BCUT2D eigenvalue weighted by Crippen LogP contribution is -2.26. The van der Waals surface area contributed by atoms with Crippen LogP contribution in [0, 0.1) is 5.92 Å². The van der Waals surface area contributed by atoms with E-state index in [2.05, 4.69) is 0 Å². The topological polar surface area (TPSA) is 93.1 Å². The molecule has 0 aliphatic heterocycles. The molecule has 2 N–H and O–H groups in total. The molecule has 0 aromatic heterocycles. The highest BCUT2D eigenvalue weighted by atomic mass is 28.2. The van der Waals surface area contributed by atoms with Crippen LogP contribution in [0.5, 0.6) is 0 Å². The summed E-state index contributed by atoms with van der Waals surface area (Å²) < 4.78 is 10.8. The first-order chi connectivity index (χ1) is 8.52. The van der Waals surface area contributed by atoms with E-state index in [1.165, 1.54) is 0 Å². The van der Waals surface area contributed by atoms with Crippen molar-refractivity contribution >= 4 is 21.5 Å². The van der Waals surface area contributed by atoms with Crippen molar-refractivity contribution in [1.29, 1.82) is 0 Å². The predicted octanol–water partition coefficient (Wildman–Crippen LogP) is 0.496. The molecule has 0 fully saturated rings. The van der Waals surface area contributed by atoms with Gasteiger partial charge in [0.15, 0.2) is 5.92 Å². The Balaban J connectivity index is 3.87. The maximum absolute atomic E-state index is 10.7. The Morgan fingerprint density at radius 2 is 1.61 bits per heavy atom. The maximum Gasteiger partial charge on any atom is 0.317 e. The fourth-order valence-corrected chi connectivity index (χ4v) is 3.31. The van der Waals surface area contributed by atoms with E-state index in [0.717, 1.165) is 6.04 Å². The van der Waals surface area contributed by atoms with Crippen LogP contribution < -0.4 is 0 Å². The Hall–Kier alpha value is -0.923. The SMILES string of the molecule is CCOC(OCC)[SiH2]CCCC(C(=O)O)C(=O)O. The quantitative estimate of drug-likeness (QED) is 0.247. The molecule has 0 rings (SSSR count). The number of carboxylic acid groups (broad SMARTS) is 2. The average molecular weight is 278 g/mol. The minimum Gasteiger partial charge on any atom is -0.481 e. The van der Waals surface area contributed by atoms with Gasteiger partial charge in [-0.3, -0.25) is 9.59 Å². The molecule has 0 heterocycles. The van der Waals surface area contributed by atoms with Crippen molar-refractivity contribution < 1.29 is 29.3 Å². The number of hydrogen-bond donors (Lipinski definition) is 2. The molecule has 0 aliphatic rings. The Labute approximate surface area is 109 Å². The number of carboxylic acids is 2. The summed E-state index contributed by atoms with van der Waals surface area (Å²) in [5.74, 6) is -3.98. The van der Waals surface area contributed by atoms with Gasteiger partial charge in [-0.2, -0.15) is 0 Å². The monoisotopic (exact) mass is 278 g/mol. The van der Waals surface area contributed by atoms with Gasteiger partial charge < -0.3 is 19.7 Å². The third kappa shape index (κ3) is 7.41. The Kier molecular flexibility index (Phi) is 9.53. The van der Waals surface area contributed by atoms with Gasteiger partial charge in [0, 0.05) is 13.2 Å². The van der Waals surface area contributed by atoms with Crippen molar-refractivity contribution in [2.75, 3.05) is 13.2 Å². The van der Waals surface area contributed by atoms with E-state index in [9.17, 15) is 9.59 Å². The van der Waals surface area contributed by atoms with E-state index >= 15 is 0 Å². The molecule has 0 radical (unpaired) electrons. The summed E-state index contributed by atoms with van der Waals surface area (Å²) in [5, 5.41) is 17.4. The van der Waals surface area contributed by atoms with Crippen molar-refractivity contribution in [1.82, 2.24) is 0 Å². The Bertz CT molecular complexity index is 238. The van der Waals surface area contributed by atoms with E-state index in [1.54, 1.807) is 0 Å². The van der Waals surface area contributed by atoms with Gasteiger partial charge in [0.05, 0.1) is 9.52 Å². The zero-order chi connectivity index (χ0) is 14.0. The van der Waals surface area contributed by atoms with Gasteiger partial charge in [0.1, 0.15) is 5.91 Å². The molecule has 0 aromatic carbocycles. The molecular weight excluding hydrogens is 256 g/mol. The van der Waals surface area contributed by atoms with E-state index in [-0.39, 0.29) is 12.3 Å². The summed E-state index contributed by atoms with van der Waals surface area (Å²) in [4.78, 5) is 21.3. The zero-order valence-electron chi connectivity index (χ0n) is 10.9. The molecule has 0 bridgehead atoms. The van der Waals surface area contributed by atoms with Gasteiger partial charge in [-0.1, -0.05) is 12.5 Å². The Morgan fingerprint density at radius 1 is 1.11 bits per heavy atom. The molecule has 18 heavy (non-hydrogen) atoms. The third-order valence-corrected chi connectivity index (χ3v) is 4.33. The van der Waals surface area contributed by atoms with Crippen LogP contribution in [-0.2, 0) is 19.1 Å². The van der Waals surface area contributed by atoms with Crippen molar-refractivity contribution in [3.63, 3.8) is 0 Å². The number of aliphatic carboxylic acids is 2. The van der Waals surface area contributed by atoms with E-state index in [4.69, 9.17) is 19.7 Å².